The molecule has 2 fully saturated rings. The number of ether oxygens (including phenoxy) is 2. The SMILES string of the molecule is N#Cc1ccc(NC2CCC(OCC(=O)N3CCN(C[C@H]4Cc5cc(F)ccc5O4)CC3)CC2)cc1C(F)(F)F. The maximum Gasteiger partial charge on any atom is 0.417 e. The van der Waals surface area contributed by atoms with Crippen molar-refractivity contribution < 1.29 is 31.8 Å². The van der Waals surface area contributed by atoms with Crippen LogP contribution in [0, 0.1) is 17.1 Å². The van der Waals surface area contributed by atoms with Crippen molar-refractivity contribution in [1.82, 2.24) is 9.80 Å². The van der Waals surface area contributed by atoms with E-state index >= 15 is 0 Å². The van der Waals surface area contributed by atoms with Gasteiger partial charge in [0.2, 0.25) is 5.91 Å². The predicted octanol–water partition coefficient (Wildman–Crippen LogP) is 4.60. The third-order valence-corrected chi connectivity index (χ3v) is 7.88. The molecule has 2 aromatic carbocycles. The standard InChI is InChI=1S/C29H32F4N4O3/c30-21-2-8-27-20(13-21)14-25(40-27)17-36-9-11-37(12-10-36)28(38)18-39-24-6-4-22(5-7-24)35-23-3-1-19(16-34)26(15-23)29(31,32)33/h1-3,8,13,15,22,24-25,35H,4-7,9-12,14,17-18H2/t22?,24?,25-/m1/s1. The smallest absolute Gasteiger partial charge is 0.417 e. The lowest BCUT2D eigenvalue weighted by Gasteiger charge is -2.36. The third-order valence-electron chi connectivity index (χ3n) is 7.88. The van der Waals surface area contributed by atoms with Crippen molar-refractivity contribution in [2.45, 2.75) is 56.5 Å². The van der Waals surface area contributed by atoms with Crippen LogP contribution in [0.15, 0.2) is 36.4 Å². The summed E-state index contributed by atoms with van der Waals surface area (Å²) in [6, 6.07) is 9.86. The lowest BCUT2D eigenvalue weighted by atomic mass is 9.92. The second-order valence-electron chi connectivity index (χ2n) is 10.7. The van der Waals surface area contributed by atoms with Gasteiger partial charge in [0.15, 0.2) is 0 Å². The zero-order valence-electron chi connectivity index (χ0n) is 22.1. The van der Waals surface area contributed by atoms with E-state index in [1.54, 1.807) is 12.1 Å². The molecule has 2 heterocycles. The van der Waals surface area contributed by atoms with Crippen LogP contribution in [-0.2, 0) is 22.1 Å². The summed E-state index contributed by atoms with van der Waals surface area (Å²) in [5, 5.41) is 12.1. The average Bonchev–Trinajstić information content (AvgIpc) is 3.33. The number of nitrogens with zero attached hydrogens (tertiary/aromatic N) is 3. The number of anilines is 1. The molecule has 1 saturated carbocycles. The molecular weight excluding hydrogens is 528 g/mol. The van der Waals surface area contributed by atoms with E-state index in [2.05, 4.69) is 10.2 Å². The number of hydrogen-bond acceptors (Lipinski definition) is 6. The maximum absolute atomic E-state index is 13.5. The normalized spacial score (nSPS) is 23.3. The van der Waals surface area contributed by atoms with Crippen molar-refractivity contribution in [1.29, 1.82) is 5.26 Å². The summed E-state index contributed by atoms with van der Waals surface area (Å²) in [5.74, 6) is 0.442. The van der Waals surface area contributed by atoms with Gasteiger partial charge in [0.25, 0.3) is 0 Å². The number of alkyl halides is 3. The fourth-order valence-corrected chi connectivity index (χ4v) is 5.71. The molecule has 214 valence electrons. The van der Waals surface area contributed by atoms with Gasteiger partial charge in [-0.15, -0.1) is 0 Å². The zero-order valence-corrected chi connectivity index (χ0v) is 22.1. The lowest BCUT2D eigenvalue weighted by Crippen LogP contribution is -2.51. The van der Waals surface area contributed by atoms with Gasteiger partial charge in [0, 0.05) is 56.4 Å². The Morgan fingerprint density at radius 1 is 1.07 bits per heavy atom. The molecule has 7 nitrogen and oxygen atoms in total. The van der Waals surface area contributed by atoms with Crippen molar-refractivity contribution >= 4 is 11.6 Å². The van der Waals surface area contributed by atoms with Gasteiger partial charge in [0.1, 0.15) is 24.3 Å². The Morgan fingerprint density at radius 2 is 1.82 bits per heavy atom. The molecule has 1 N–H and O–H groups in total. The Morgan fingerprint density at radius 3 is 2.52 bits per heavy atom. The first-order valence-electron chi connectivity index (χ1n) is 13.6. The van der Waals surface area contributed by atoms with E-state index in [1.165, 1.54) is 24.3 Å². The van der Waals surface area contributed by atoms with Crippen LogP contribution in [0.4, 0.5) is 23.2 Å². The summed E-state index contributed by atoms with van der Waals surface area (Å²) in [6.45, 7) is 3.43. The van der Waals surface area contributed by atoms with Crippen LogP contribution in [0.3, 0.4) is 0 Å². The first-order valence-corrected chi connectivity index (χ1v) is 13.6. The van der Waals surface area contributed by atoms with Crippen LogP contribution >= 0.6 is 0 Å². The molecule has 3 aliphatic rings. The molecule has 2 aromatic rings. The molecule has 0 aromatic heterocycles. The van der Waals surface area contributed by atoms with E-state index in [1.807, 2.05) is 4.90 Å². The van der Waals surface area contributed by atoms with Gasteiger partial charge in [-0.3, -0.25) is 9.69 Å². The van der Waals surface area contributed by atoms with E-state index in [9.17, 15) is 22.4 Å². The number of piperazine rings is 1. The topological polar surface area (TPSA) is 77.8 Å². The Bertz CT molecular complexity index is 1250. The monoisotopic (exact) mass is 560 g/mol. The number of amides is 1. The highest BCUT2D eigenvalue weighted by Crippen LogP contribution is 2.34. The van der Waals surface area contributed by atoms with Gasteiger partial charge < -0.3 is 19.7 Å². The largest absolute Gasteiger partial charge is 0.488 e. The van der Waals surface area contributed by atoms with Crippen molar-refractivity contribution in [2.24, 2.45) is 0 Å². The fourth-order valence-electron chi connectivity index (χ4n) is 5.71. The zero-order chi connectivity index (χ0) is 28.3. The quantitative estimate of drug-likeness (QED) is 0.499. The van der Waals surface area contributed by atoms with Gasteiger partial charge in [-0.25, -0.2) is 4.39 Å². The molecular formula is C29H32F4N4O3. The molecule has 0 spiro atoms. The predicted molar refractivity (Wildman–Crippen MR) is 139 cm³/mol. The number of nitrogens with one attached hydrogen (secondary N) is 1. The van der Waals surface area contributed by atoms with Crippen LogP contribution in [0.2, 0.25) is 0 Å². The number of carbonyl (C=O) groups is 1. The Hall–Kier alpha value is -3.36. The van der Waals surface area contributed by atoms with Crippen molar-refractivity contribution in [2.75, 3.05) is 44.6 Å². The number of rotatable bonds is 7. The van der Waals surface area contributed by atoms with Gasteiger partial charge >= 0.3 is 6.18 Å². The minimum atomic E-state index is -4.59. The van der Waals surface area contributed by atoms with Gasteiger partial charge in [-0.2, -0.15) is 18.4 Å². The number of fused-ring (bicyclic) bond motifs is 1. The average molecular weight is 561 g/mol. The van der Waals surface area contributed by atoms with Crippen molar-refractivity contribution in [3.63, 3.8) is 0 Å². The van der Waals surface area contributed by atoms with Gasteiger partial charge in [0.05, 0.1) is 23.3 Å². The van der Waals surface area contributed by atoms with Crippen LogP contribution in [-0.4, -0.2) is 73.3 Å². The Kier molecular flexibility index (Phi) is 8.47. The lowest BCUT2D eigenvalue weighted by molar-refractivity contribution is -0.140. The molecule has 11 heteroatoms. The number of halogens is 4. The molecule has 5 rings (SSSR count). The second-order valence-corrected chi connectivity index (χ2v) is 10.7. The van der Waals surface area contributed by atoms with E-state index in [4.69, 9.17) is 14.7 Å². The minimum Gasteiger partial charge on any atom is -0.488 e. The summed E-state index contributed by atoms with van der Waals surface area (Å²) in [7, 11) is 0. The summed E-state index contributed by atoms with van der Waals surface area (Å²) in [5.41, 5.74) is -0.105. The fraction of sp³-hybridized carbons (Fsp3) is 0.517. The van der Waals surface area contributed by atoms with Crippen LogP contribution in [0.5, 0.6) is 5.75 Å². The van der Waals surface area contributed by atoms with Gasteiger partial charge in [-0.05, 0) is 62.1 Å². The van der Waals surface area contributed by atoms with Crippen LogP contribution in [0.25, 0.3) is 0 Å². The number of carbonyl (C=O) groups excluding carboxylic acids is 1. The van der Waals surface area contributed by atoms with E-state index in [0.717, 1.165) is 37.0 Å². The highest BCUT2D eigenvalue weighted by Gasteiger charge is 2.34. The van der Waals surface area contributed by atoms with E-state index in [-0.39, 0.29) is 36.6 Å². The number of benzene rings is 2. The molecule has 1 saturated heterocycles. The molecule has 1 aliphatic carbocycles. The highest BCUT2D eigenvalue weighted by molar-refractivity contribution is 5.77. The first kappa shape index (κ1) is 28.2. The van der Waals surface area contributed by atoms with E-state index < -0.39 is 17.3 Å². The van der Waals surface area contributed by atoms with Crippen LogP contribution in [0.1, 0.15) is 42.4 Å². The summed E-state index contributed by atoms with van der Waals surface area (Å²) in [6.07, 6.45) is -1.18. The summed E-state index contributed by atoms with van der Waals surface area (Å²) >= 11 is 0. The minimum absolute atomic E-state index is 0.00619. The van der Waals surface area contributed by atoms with Crippen molar-refractivity contribution in [3.05, 3.63) is 58.9 Å². The van der Waals surface area contributed by atoms with Crippen LogP contribution < -0.4 is 10.1 Å². The first-order chi connectivity index (χ1) is 19.2. The second kappa shape index (κ2) is 12.0. The highest BCUT2D eigenvalue weighted by atomic mass is 19.4. The summed E-state index contributed by atoms with van der Waals surface area (Å²) < 4.78 is 65.0. The maximum atomic E-state index is 13.5. The molecule has 0 unspecified atom stereocenters. The molecule has 1 amide bonds. The van der Waals surface area contributed by atoms with Crippen molar-refractivity contribution in [3.8, 4) is 11.8 Å². The molecule has 40 heavy (non-hydrogen) atoms. The molecule has 1 atom stereocenters. The Labute approximate surface area is 230 Å². The Balaban J connectivity index is 0.998. The molecule has 2 aliphatic heterocycles. The molecule has 0 radical (unpaired) electrons. The third kappa shape index (κ3) is 6.85. The number of nitriles is 1. The molecule has 0 bridgehead atoms. The van der Waals surface area contributed by atoms with Gasteiger partial charge in [-0.1, -0.05) is 0 Å². The number of hydrogen-bond donors (Lipinski definition) is 1. The van der Waals surface area contributed by atoms with E-state index in [0.29, 0.717) is 50.9 Å². The summed E-state index contributed by atoms with van der Waals surface area (Å²) in [4.78, 5) is 16.8.